The van der Waals surface area contributed by atoms with Crippen LogP contribution in [0.15, 0.2) is 18.2 Å². The Hall–Kier alpha value is -1.79. The molecule has 2 N–H and O–H groups in total. The first-order valence-corrected chi connectivity index (χ1v) is 10.2. The molecule has 3 amide bonds. The van der Waals surface area contributed by atoms with E-state index in [-0.39, 0.29) is 24.3 Å². The zero-order chi connectivity index (χ0) is 18.9. The predicted molar refractivity (Wildman–Crippen MR) is 113 cm³/mol. The van der Waals surface area contributed by atoms with Crippen molar-refractivity contribution in [3.05, 3.63) is 29.3 Å². The van der Waals surface area contributed by atoms with E-state index in [0.29, 0.717) is 24.1 Å². The number of benzene rings is 1. The fraction of sp³-hybridized carbons (Fsp3) is 0.619. The van der Waals surface area contributed by atoms with Crippen LogP contribution in [0.5, 0.6) is 0 Å². The van der Waals surface area contributed by atoms with Crippen molar-refractivity contribution >= 4 is 30.0 Å². The molecule has 3 aliphatic rings. The summed E-state index contributed by atoms with van der Waals surface area (Å²) in [5.74, 6) is 0.0989. The summed E-state index contributed by atoms with van der Waals surface area (Å²) in [6.07, 6.45) is 5.87. The molecule has 0 saturated carbocycles. The standard InChI is InChI=1S/C21H30N4O2.ClH/c1-16-3-4-17(15-18(16)25-14-11-23-20(25)27)19(26)24-12-2-5-21(8-13-24)6-9-22-10-7-21;/h3-4,15,22H,2,5-14H2,1H3,(H,23,27);1H. The van der Waals surface area contributed by atoms with Gasteiger partial charge in [0.25, 0.3) is 5.91 Å². The Kier molecular flexibility index (Phi) is 6.50. The molecule has 1 spiro atoms. The molecular weight excluding hydrogens is 376 g/mol. The highest BCUT2D eigenvalue weighted by molar-refractivity contribution is 5.99. The van der Waals surface area contributed by atoms with Crippen LogP contribution in [0.4, 0.5) is 10.5 Å². The van der Waals surface area contributed by atoms with Gasteiger partial charge >= 0.3 is 6.03 Å². The van der Waals surface area contributed by atoms with E-state index in [4.69, 9.17) is 0 Å². The van der Waals surface area contributed by atoms with Crippen LogP contribution in [0.3, 0.4) is 0 Å². The summed E-state index contributed by atoms with van der Waals surface area (Å²) in [7, 11) is 0. The summed E-state index contributed by atoms with van der Waals surface area (Å²) in [5, 5.41) is 6.30. The molecule has 0 aromatic heterocycles. The van der Waals surface area contributed by atoms with E-state index < -0.39 is 0 Å². The Bertz CT molecular complexity index is 733. The molecule has 0 aliphatic carbocycles. The van der Waals surface area contributed by atoms with Gasteiger partial charge in [-0.25, -0.2) is 4.79 Å². The maximum absolute atomic E-state index is 13.2. The van der Waals surface area contributed by atoms with Crippen LogP contribution in [-0.2, 0) is 0 Å². The minimum absolute atomic E-state index is 0. The maximum atomic E-state index is 13.2. The Balaban J connectivity index is 0.00000225. The molecule has 3 heterocycles. The second kappa shape index (κ2) is 8.70. The Labute approximate surface area is 173 Å². The molecule has 0 radical (unpaired) electrons. The lowest BCUT2D eigenvalue weighted by Gasteiger charge is -2.37. The van der Waals surface area contributed by atoms with Crippen LogP contribution in [0.2, 0.25) is 0 Å². The van der Waals surface area contributed by atoms with Crippen molar-refractivity contribution in [2.45, 2.75) is 39.0 Å². The number of rotatable bonds is 2. The van der Waals surface area contributed by atoms with Crippen LogP contribution < -0.4 is 15.5 Å². The molecule has 154 valence electrons. The van der Waals surface area contributed by atoms with Gasteiger partial charge in [0, 0.05) is 37.4 Å². The van der Waals surface area contributed by atoms with Crippen LogP contribution in [0.25, 0.3) is 0 Å². The Morgan fingerprint density at radius 1 is 1.04 bits per heavy atom. The second-order valence-corrected chi connectivity index (χ2v) is 8.28. The van der Waals surface area contributed by atoms with Gasteiger partial charge in [-0.2, -0.15) is 0 Å². The molecule has 3 saturated heterocycles. The van der Waals surface area contributed by atoms with Crippen LogP contribution in [-0.4, -0.2) is 56.1 Å². The van der Waals surface area contributed by atoms with Gasteiger partial charge in [0.2, 0.25) is 0 Å². The van der Waals surface area contributed by atoms with E-state index in [1.54, 1.807) is 4.90 Å². The summed E-state index contributed by atoms with van der Waals surface area (Å²) < 4.78 is 0. The number of halogens is 1. The van der Waals surface area contributed by atoms with Gasteiger partial charge in [0.05, 0.1) is 0 Å². The maximum Gasteiger partial charge on any atom is 0.322 e. The average molecular weight is 407 g/mol. The lowest BCUT2D eigenvalue weighted by atomic mass is 9.73. The van der Waals surface area contributed by atoms with Gasteiger partial charge in [-0.1, -0.05) is 6.07 Å². The third-order valence-corrected chi connectivity index (χ3v) is 6.60. The van der Waals surface area contributed by atoms with Crippen LogP contribution in [0.1, 0.15) is 48.0 Å². The lowest BCUT2D eigenvalue weighted by molar-refractivity contribution is 0.0750. The number of hydrogen-bond acceptors (Lipinski definition) is 3. The number of aryl methyl sites for hydroxylation is 1. The topological polar surface area (TPSA) is 64.7 Å². The van der Waals surface area contributed by atoms with Gasteiger partial charge in [-0.3, -0.25) is 9.69 Å². The summed E-state index contributed by atoms with van der Waals surface area (Å²) in [6.45, 7) is 7.17. The van der Waals surface area contributed by atoms with E-state index in [0.717, 1.165) is 50.3 Å². The zero-order valence-electron chi connectivity index (χ0n) is 16.6. The molecular formula is C21H31ClN4O2. The van der Waals surface area contributed by atoms with E-state index >= 15 is 0 Å². The number of likely N-dealkylation sites (tertiary alicyclic amines) is 1. The van der Waals surface area contributed by atoms with Crippen molar-refractivity contribution < 1.29 is 9.59 Å². The van der Waals surface area contributed by atoms with E-state index in [1.807, 2.05) is 30.0 Å². The highest BCUT2D eigenvalue weighted by Crippen LogP contribution is 2.39. The molecule has 1 aromatic rings. The first-order chi connectivity index (χ1) is 13.1. The zero-order valence-corrected chi connectivity index (χ0v) is 17.4. The fourth-order valence-electron chi connectivity index (χ4n) is 4.83. The summed E-state index contributed by atoms with van der Waals surface area (Å²) in [5.41, 5.74) is 2.98. The normalized spacial score (nSPS) is 21.8. The molecule has 0 unspecified atom stereocenters. The van der Waals surface area contributed by atoms with Crippen LogP contribution in [0, 0.1) is 12.3 Å². The van der Waals surface area contributed by atoms with E-state index in [9.17, 15) is 9.59 Å². The Morgan fingerprint density at radius 2 is 1.82 bits per heavy atom. The molecule has 0 atom stereocenters. The van der Waals surface area contributed by atoms with E-state index in [1.165, 1.54) is 19.3 Å². The molecule has 1 aromatic carbocycles. The first-order valence-electron chi connectivity index (χ1n) is 10.2. The summed E-state index contributed by atoms with van der Waals surface area (Å²) in [6, 6.07) is 5.68. The van der Waals surface area contributed by atoms with Crippen molar-refractivity contribution in [2.24, 2.45) is 5.41 Å². The minimum Gasteiger partial charge on any atom is -0.339 e. The molecule has 3 aliphatic heterocycles. The summed E-state index contributed by atoms with van der Waals surface area (Å²) >= 11 is 0. The molecule has 7 heteroatoms. The van der Waals surface area contributed by atoms with Gasteiger partial charge < -0.3 is 15.5 Å². The molecule has 28 heavy (non-hydrogen) atoms. The highest BCUT2D eigenvalue weighted by atomic mass is 35.5. The fourth-order valence-corrected chi connectivity index (χ4v) is 4.83. The number of piperidine rings is 1. The minimum atomic E-state index is -0.0784. The lowest BCUT2D eigenvalue weighted by Crippen LogP contribution is -2.38. The Morgan fingerprint density at radius 3 is 2.54 bits per heavy atom. The van der Waals surface area contributed by atoms with Crippen molar-refractivity contribution in [2.75, 3.05) is 44.2 Å². The predicted octanol–water partition coefficient (Wildman–Crippen LogP) is 2.94. The average Bonchev–Trinajstić information content (AvgIpc) is 3.00. The molecule has 0 bridgehead atoms. The number of nitrogens with zero attached hydrogens (tertiary/aromatic N) is 2. The van der Waals surface area contributed by atoms with Crippen LogP contribution >= 0.6 is 12.4 Å². The number of hydrogen-bond donors (Lipinski definition) is 2. The van der Waals surface area contributed by atoms with Gasteiger partial charge in [-0.15, -0.1) is 12.4 Å². The number of nitrogens with one attached hydrogen (secondary N) is 2. The second-order valence-electron chi connectivity index (χ2n) is 8.28. The van der Waals surface area contributed by atoms with Gasteiger partial charge in [-0.05, 0) is 75.2 Å². The quantitative estimate of drug-likeness (QED) is 0.793. The number of anilines is 1. The highest BCUT2D eigenvalue weighted by Gasteiger charge is 2.35. The van der Waals surface area contributed by atoms with E-state index in [2.05, 4.69) is 10.6 Å². The van der Waals surface area contributed by atoms with Gasteiger partial charge in [0.1, 0.15) is 0 Å². The van der Waals surface area contributed by atoms with Crippen molar-refractivity contribution in [3.63, 3.8) is 0 Å². The first kappa shape index (κ1) is 20.9. The number of amides is 3. The monoisotopic (exact) mass is 406 g/mol. The molecule has 4 rings (SSSR count). The van der Waals surface area contributed by atoms with Crippen molar-refractivity contribution in [3.8, 4) is 0 Å². The third-order valence-electron chi connectivity index (χ3n) is 6.60. The number of carbonyl (C=O) groups is 2. The smallest absolute Gasteiger partial charge is 0.322 e. The molecule has 6 nitrogen and oxygen atoms in total. The number of urea groups is 1. The number of carbonyl (C=O) groups excluding carboxylic acids is 2. The third kappa shape index (κ3) is 4.13. The SMILES string of the molecule is Cc1ccc(C(=O)N2CCCC3(CCNCC3)CC2)cc1N1CCNC1=O.Cl. The van der Waals surface area contributed by atoms with Crippen molar-refractivity contribution in [1.82, 2.24) is 15.5 Å². The molecule has 3 fully saturated rings. The van der Waals surface area contributed by atoms with Crippen molar-refractivity contribution in [1.29, 1.82) is 0 Å². The van der Waals surface area contributed by atoms with Gasteiger partial charge in [0.15, 0.2) is 0 Å². The summed E-state index contributed by atoms with van der Waals surface area (Å²) in [4.78, 5) is 29.0. The largest absolute Gasteiger partial charge is 0.339 e.